The molecule has 2 rings (SSSR count). The summed E-state index contributed by atoms with van der Waals surface area (Å²) in [6, 6.07) is -1.20. The van der Waals surface area contributed by atoms with Crippen molar-refractivity contribution < 1.29 is 57.3 Å². The summed E-state index contributed by atoms with van der Waals surface area (Å²) >= 11 is 0. The molecule has 0 aromatic carbocycles. The smallest absolute Gasteiger partial charge is 0.331 e. The van der Waals surface area contributed by atoms with E-state index in [4.69, 9.17) is 28.1 Å². The molecule has 0 bridgehead atoms. The van der Waals surface area contributed by atoms with Crippen molar-refractivity contribution in [1.29, 1.82) is 0 Å². The van der Waals surface area contributed by atoms with Crippen LogP contribution in [0.4, 0.5) is 0 Å². The van der Waals surface area contributed by atoms with Gasteiger partial charge in [0.25, 0.3) is 17.5 Å². The molecule has 16 heteroatoms. The van der Waals surface area contributed by atoms with Gasteiger partial charge in [0.05, 0.1) is 24.8 Å². The Labute approximate surface area is 327 Å². The maximum absolute atomic E-state index is 13.5. The molecule has 1 fully saturated rings. The molecule has 0 spiro atoms. The van der Waals surface area contributed by atoms with Crippen LogP contribution in [-0.4, -0.2) is 115 Å². The van der Waals surface area contributed by atoms with Gasteiger partial charge in [0, 0.05) is 39.6 Å². The first-order chi connectivity index (χ1) is 26.7. The normalized spacial score (nSPS) is 18.3. The lowest BCUT2D eigenvalue weighted by atomic mass is 9.81. The second kappa shape index (κ2) is 23.5. The average Bonchev–Trinajstić information content (AvgIpc) is 3.91. The summed E-state index contributed by atoms with van der Waals surface area (Å²) < 4.78 is 31.5. The summed E-state index contributed by atoms with van der Waals surface area (Å²) in [4.78, 5) is 69.1. The largest absolute Gasteiger partial charge is 0.467 e. The molecule has 4 atom stereocenters. The van der Waals surface area contributed by atoms with Crippen LogP contribution in [0.5, 0.6) is 0 Å². The second-order valence-corrected chi connectivity index (χ2v) is 13.0. The minimum absolute atomic E-state index is 0.121. The summed E-state index contributed by atoms with van der Waals surface area (Å²) in [5, 5.41) is 13.8. The molecule has 1 aromatic rings. The number of carbonyl (C=O) groups excluding carboxylic acids is 5. The highest BCUT2D eigenvalue weighted by Crippen LogP contribution is 2.30. The molecule has 2 heterocycles. The molecule has 0 saturated carbocycles. The van der Waals surface area contributed by atoms with Gasteiger partial charge in [0.2, 0.25) is 5.91 Å². The third-order valence-corrected chi connectivity index (χ3v) is 8.58. The molecule has 1 saturated heterocycles. The molecule has 0 radical (unpaired) electrons. The highest BCUT2D eigenvalue weighted by molar-refractivity contribution is 5.95. The van der Waals surface area contributed by atoms with Gasteiger partial charge in [-0.1, -0.05) is 79.8 Å². The molecule has 0 aliphatic carbocycles. The summed E-state index contributed by atoms with van der Waals surface area (Å²) in [6.07, 6.45) is 23.7. The molecular formula is C40H54N4O12. The van der Waals surface area contributed by atoms with Crippen LogP contribution in [0.2, 0.25) is 0 Å². The maximum atomic E-state index is 13.5. The van der Waals surface area contributed by atoms with Crippen molar-refractivity contribution in [2.45, 2.75) is 71.4 Å². The second-order valence-electron chi connectivity index (χ2n) is 13.0. The first kappa shape index (κ1) is 46.7. The van der Waals surface area contributed by atoms with Crippen molar-refractivity contribution in [3.05, 3.63) is 103 Å². The van der Waals surface area contributed by atoms with Gasteiger partial charge in [-0.15, -0.1) is 0 Å². The van der Waals surface area contributed by atoms with E-state index in [1.54, 1.807) is 83.3 Å². The van der Waals surface area contributed by atoms with Crippen LogP contribution < -0.4 is 5.32 Å². The number of ether oxygens (including phenoxy) is 5. The van der Waals surface area contributed by atoms with Gasteiger partial charge in [-0.3, -0.25) is 24.4 Å². The summed E-state index contributed by atoms with van der Waals surface area (Å²) in [5.41, 5.74) is -2.64. The Morgan fingerprint density at radius 2 is 1.70 bits per heavy atom. The molecule has 4 unspecified atom stereocenters. The van der Waals surface area contributed by atoms with E-state index in [2.05, 4.69) is 10.3 Å². The predicted molar refractivity (Wildman–Crippen MR) is 204 cm³/mol. The molecule has 1 aliphatic heterocycles. The number of hydroxylamine groups is 2. The number of methoxy groups -OCH3 is 2. The van der Waals surface area contributed by atoms with Gasteiger partial charge in [-0.25, -0.2) is 9.78 Å². The predicted octanol–water partition coefficient (Wildman–Crippen LogP) is 3.92. The van der Waals surface area contributed by atoms with Gasteiger partial charge >= 0.3 is 11.9 Å². The minimum atomic E-state index is -2.25. The molecule has 16 nitrogen and oxygen atoms in total. The Bertz CT molecular complexity index is 1670. The molecule has 56 heavy (non-hydrogen) atoms. The molecule has 1 aromatic heterocycles. The zero-order valence-electron chi connectivity index (χ0n) is 33.2. The SMILES string of the molecule is CCC(=O)OC(C(C)=CC=CC=CCc1cnco1)C(C)(C)C(=O)NCC=CC=CC=CC=CC(=O)N(O)C1(C(=O)N(C)C(C(=O)OC)C(C)OC)COCO1. The highest BCUT2D eigenvalue weighted by atomic mass is 16.8. The first-order valence-electron chi connectivity index (χ1n) is 17.8. The molecule has 306 valence electrons. The summed E-state index contributed by atoms with van der Waals surface area (Å²) in [5.74, 6) is -2.67. The number of amides is 3. The first-order valence-corrected chi connectivity index (χ1v) is 17.8. The van der Waals surface area contributed by atoms with Crippen LogP contribution in [0.3, 0.4) is 0 Å². The van der Waals surface area contributed by atoms with Crippen molar-refractivity contribution in [1.82, 2.24) is 20.3 Å². The van der Waals surface area contributed by atoms with Crippen molar-refractivity contribution in [3.63, 3.8) is 0 Å². The third-order valence-electron chi connectivity index (χ3n) is 8.58. The Morgan fingerprint density at radius 1 is 1.04 bits per heavy atom. The quantitative estimate of drug-likeness (QED) is 0.0599. The third kappa shape index (κ3) is 13.4. The van der Waals surface area contributed by atoms with Crippen LogP contribution in [0.15, 0.2) is 102 Å². The Kier molecular flexibility index (Phi) is 19.6. The van der Waals surface area contributed by atoms with Crippen LogP contribution in [0.25, 0.3) is 0 Å². The van der Waals surface area contributed by atoms with Gasteiger partial charge in [-0.05, 0) is 33.3 Å². The van der Waals surface area contributed by atoms with Gasteiger partial charge < -0.3 is 38.3 Å². The molecule has 1 aliphatic rings. The number of oxazole rings is 1. The van der Waals surface area contributed by atoms with Crippen LogP contribution >= 0.6 is 0 Å². The van der Waals surface area contributed by atoms with E-state index in [1.807, 2.05) is 18.2 Å². The summed E-state index contributed by atoms with van der Waals surface area (Å²) in [7, 11) is 3.81. The lowest BCUT2D eigenvalue weighted by Crippen LogP contribution is -2.64. The van der Waals surface area contributed by atoms with E-state index in [9.17, 15) is 29.2 Å². The molecule has 3 amide bonds. The van der Waals surface area contributed by atoms with E-state index >= 15 is 0 Å². The van der Waals surface area contributed by atoms with Gasteiger partial charge in [0.1, 0.15) is 18.5 Å². The number of hydrogen-bond donors (Lipinski definition) is 2. The Balaban J connectivity index is 1.96. The van der Waals surface area contributed by atoms with Crippen molar-refractivity contribution in [2.75, 3.05) is 41.2 Å². The lowest BCUT2D eigenvalue weighted by molar-refractivity contribution is -0.246. The standard InChI is InChI=1S/C40H54N4O12/c1-9-33(46)56-35(29(2)21-17-14-15-18-22-31-25-41-27-54-31)39(4,5)37(48)42-24-20-16-12-10-11-13-19-23-32(45)44(50)40(26-53-28-55-40)38(49)43(6)34(30(3)51-7)36(47)52-8/h10-21,23,25,27,30,34-35,50H,9,22,24,26,28H2,1-8H3,(H,42,48). The fourth-order valence-electron chi connectivity index (χ4n) is 5.29. The highest BCUT2D eigenvalue weighted by Gasteiger charge is 2.55. The fraction of sp³-hybridized carbons (Fsp3) is 0.450. The van der Waals surface area contributed by atoms with E-state index in [0.717, 1.165) is 23.8 Å². The van der Waals surface area contributed by atoms with E-state index in [-0.39, 0.29) is 30.7 Å². The minimum Gasteiger partial charge on any atom is -0.467 e. The van der Waals surface area contributed by atoms with Crippen LogP contribution in [-0.2, 0) is 54.1 Å². The number of likely N-dealkylation sites (N-methyl/N-ethyl adjacent to an activating group) is 1. The van der Waals surface area contributed by atoms with Crippen molar-refractivity contribution in [3.8, 4) is 0 Å². The maximum Gasteiger partial charge on any atom is 0.331 e. The number of hydrogen-bond acceptors (Lipinski definition) is 13. The topological polar surface area (TPSA) is 196 Å². The number of esters is 2. The molecule has 2 N–H and O–H groups in total. The van der Waals surface area contributed by atoms with Crippen molar-refractivity contribution in [2.24, 2.45) is 5.41 Å². The number of aromatic nitrogens is 1. The molecular weight excluding hydrogens is 728 g/mol. The van der Waals surface area contributed by atoms with Crippen LogP contribution in [0.1, 0.15) is 46.8 Å². The van der Waals surface area contributed by atoms with Crippen LogP contribution in [0, 0.1) is 5.41 Å². The van der Waals surface area contributed by atoms with E-state index < -0.39 is 59.7 Å². The van der Waals surface area contributed by atoms with E-state index in [1.165, 1.54) is 32.7 Å². The Morgan fingerprint density at radius 3 is 2.30 bits per heavy atom. The number of nitrogens with one attached hydrogen (secondary N) is 1. The number of allylic oxidation sites excluding steroid dienone is 11. The average molecular weight is 783 g/mol. The number of nitrogens with zero attached hydrogens (tertiary/aromatic N) is 3. The van der Waals surface area contributed by atoms with Crippen molar-refractivity contribution >= 4 is 29.7 Å². The van der Waals surface area contributed by atoms with Gasteiger partial charge in [-0.2, -0.15) is 5.06 Å². The zero-order chi connectivity index (χ0) is 41.7. The lowest BCUT2D eigenvalue weighted by Gasteiger charge is -2.38. The number of carbonyl (C=O) groups is 5. The Hall–Kier alpha value is -5.42. The summed E-state index contributed by atoms with van der Waals surface area (Å²) in [6.45, 7) is 7.81. The monoisotopic (exact) mass is 782 g/mol. The fourth-order valence-corrected chi connectivity index (χ4v) is 5.29. The van der Waals surface area contributed by atoms with E-state index in [0.29, 0.717) is 12.0 Å². The van der Waals surface area contributed by atoms with Gasteiger partial charge in [0.15, 0.2) is 19.2 Å². The zero-order valence-corrected chi connectivity index (χ0v) is 33.2. The number of rotatable bonds is 21.